The average Bonchev–Trinajstić information content (AvgIpc) is 2.25. The van der Waals surface area contributed by atoms with E-state index >= 15 is 0 Å². The van der Waals surface area contributed by atoms with Crippen LogP contribution in [0.5, 0.6) is 5.75 Å². The maximum absolute atomic E-state index is 10.1. The van der Waals surface area contributed by atoms with Gasteiger partial charge in [-0.3, -0.25) is 0 Å². The van der Waals surface area contributed by atoms with Gasteiger partial charge < -0.3 is 10.9 Å². The molecule has 84 valence electrons. The fourth-order valence-corrected chi connectivity index (χ4v) is 0.900. The van der Waals surface area contributed by atoms with Crippen LogP contribution in [0.25, 0.3) is 0 Å². The van der Waals surface area contributed by atoms with Crippen LogP contribution in [0, 0.1) is 10.1 Å². The van der Waals surface area contributed by atoms with Crippen LogP contribution in [-0.2, 0) is 0 Å². The van der Waals surface area contributed by atoms with Crippen molar-refractivity contribution in [2.24, 2.45) is 15.9 Å². The minimum absolute atomic E-state index is 0.00345. The fraction of sp³-hybridized carbons (Fsp3) is 0. The zero-order valence-corrected chi connectivity index (χ0v) is 8.07. The van der Waals surface area contributed by atoms with E-state index < -0.39 is 5.03 Å². The number of para-hydroxylation sites is 1. The smallest absolute Gasteiger partial charge is 0.301 e. The maximum atomic E-state index is 10.1. The highest BCUT2D eigenvalue weighted by Gasteiger charge is 2.02. The summed E-state index contributed by atoms with van der Waals surface area (Å²) in [6.07, 6.45) is 1.21. The van der Waals surface area contributed by atoms with Crippen LogP contribution in [0.2, 0.25) is 0 Å². The van der Waals surface area contributed by atoms with Crippen LogP contribution in [0.4, 0.5) is 0 Å². The molecule has 0 atom stereocenters. The molecule has 0 amide bonds. The molecule has 0 spiro atoms. The molecule has 0 aliphatic rings. The summed E-state index contributed by atoms with van der Waals surface area (Å²) >= 11 is 0. The summed E-state index contributed by atoms with van der Waals surface area (Å²) in [6.45, 7) is 0. The SMILES string of the molecule is NN=C(N=Cc1ccccc1O)N[N+](=O)[O-]. The molecule has 0 saturated heterocycles. The third-order valence-electron chi connectivity index (χ3n) is 1.58. The molecule has 0 aliphatic heterocycles. The number of hydrazone groups is 1. The number of rotatable bonds is 2. The lowest BCUT2D eigenvalue weighted by Crippen LogP contribution is -2.28. The van der Waals surface area contributed by atoms with E-state index in [1.165, 1.54) is 12.3 Å². The zero-order valence-electron chi connectivity index (χ0n) is 8.07. The van der Waals surface area contributed by atoms with E-state index in [1.807, 2.05) is 0 Å². The van der Waals surface area contributed by atoms with Gasteiger partial charge >= 0.3 is 5.96 Å². The van der Waals surface area contributed by atoms with Gasteiger partial charge in [-0.25, -0.2) is 15.1 Å². The Morgan fingerprint density at radius 1 is 1.56 bits per heavy atom. The lowest BCUT2D eigenvalue weighted by molar-refractivity contribution is -0.525. The molecule has 0 radical (unpaired) electrons. The average molecular weight is 223 g/mol. The summed E-state index contributed by atoms with van der Waals surface area (Å²) in [7, 11) is 0. The van der Waals surface area contributed by atoms with Crippen molar-refractivity contribution in [3.63, 3.8) is 0 Å². The van der Waals surface area contributed by atoms with E-state index in [4.69, 9.17) is 5.84 Å². The summed E-state index contributed by atoms with van der Waals surface area (Å²) in [4.78, 5) is 13.7. The molecule has 0 unspecified atom stereocenters. The standard InChI is InChI=1S/C8H9N5O3/c9-11-8(12-13(15)16)10-5-6-3-1-2-4-7(6)14/h1-5,14H,9H2,(H,11,12). The number of nitrogens with one attached hydrogen (secondary N) is 1. The summed E-state index contributed by atoms with van der Waals surface area (Å²) in [5.41, 5.74) is 2.08. The Hall–Kier alpha value is -2.64. The van der Waals surface area contributed by atoms with Crippen molar-refractivity contribution in [2.45, 2.75) is 0 Å². The number of nitrogens with zero attached hydrogens (tertiary/aromatic N) is 3. The van der Waals surface area contributed by atoms with Gasteiger partial charge in [0.1, 0.15) is 5.75 Å². The van der Waals surface area contributed by atoms with Crippen LogP contribution in [-0.4, -0.2) is 22.3 Å². The quantitative estimate of drug-likeness (QED) is 0.211. The molecule has 8 heteroatoms. The molecule has 1 aromatic carbocycles. The van der Waals surface area contributed by atoms with E-state index in [1.54, 1.807) is 23.6 Å². The third-order valence-corrected chi connectivity index (χ3v) is 1.58. The molecule has 8 nitrogen and oxygen atoms in total. The molecule has 0 aromatic heterocycles. The first-order valence-corrected chi connectivity index (χ1v) is 4.14. The lowest BCUT2D eigenvalue weighted by atomic mass is 10.2. The van der Waals surface area contributed by atoms with Gasteiger partial charge in [-0.05, 0) is 12.1 Å². The van der Waals surface area contributed by atoms with Crippen molar-refractivity contribution in [3.05, 3.63) is 39.9 Å². The molecular formula is C8H9N5O3. The molecule has 16 heavy (non-hydrogen) atoms. The number of hydrazine groups is 1. The van der Waals surface area contributed by atoms with Gasteiger partial charge in [0, 0.05) is 11.8 Å². The van der Waals surface area contributed by atoms with E-state index in [-0.39, 0.29) is 11.7 Å². The molecule has 0 heterocycles. The topological polar surface area (TPSA) is 126 Å². The number of guanidine groups is 1. The number of nitrogens with two attached hydrogens (primary N) is 1. The highest BCUT2D eigenvalue weighted by Crippen LogP contribution is 2.12. The number of benzene rings is 1. The van der Waals surface area contributed by atoms with Crippen molar-refractivity contribution < 1.29 is 10.1 Å². The first kappa shape index (κ1) is 11.4. The Morgan fingerprint density at radius 2 is 2.25 bits per heavy atom. The Kier molecular flexibility index (Phi) is 3.78. The Bertz CT molecular complexity index is 443. The number of aliphatic imine (C=N–C) groups is 1. The molecular weight excluding hydrogens is 214 g/mol. The maximum Gasteiger partial charge on any atom is 0.301 e. The van der Waals surface area contributed by atoms with Crippen LogP contribution in [0.15, 0.2) is 34.4 Å². The molecule has 0 fully saturated rings. The van der Waals surface area contributed by atoms with E-state index in [0.717, 1.165) is 0 Å². The van der Waals surface area contributed by atoms with Crippen molar-refractivity contribution in [1.29, 1.82) is 0 Å². The summed E-state index contributed by atoms with van der Waals surface area (Å²) < 4.78 is 0. The largest absolute Gasteiger partial charge is 0.507 e. The van der Waals surface area contributed by atoms with E-state index in [0.29, 0.717) is 5.56 Å². The zero-order chi connectivity index (χ0) is 12.0. The van der Waals surface area contributed by atoms with Crippen molar-refractivity contribution in [2.75, 3.05) is 0 Å². The van der Waals surface area contributed by atoms with Crippen LogP contribution >= 0.6 is 0 Å². The van der Waals surface area contributed by atoms with Gasteiger partial charge in [0.25, 0.3) is 0 Å². The highest BCUT2D eigenvalue weighted by molar-refractivity contribution is 5.94. The second-order valence-corrected chi connectivity index (χ2v) is 2.64. The second kappa shape index (κ2) is 5.29. The number of hydrogen-bond donors (Lipinski definition) is 3. The first-order chi connectivity index (χ1) is 7.63. The predicted octanol–water partition coefficient (Wildman–Crippen LogP) is -0.178. The molecule has 0 aliphatic carbocycles. The normalized spacial score (nSPS) is 11.6. The molecule has 4 N–H and O–H groups in total. The molecule has 0 bridgehead atoms. The lowest BCUT2D eigenvalue weighted by Gasteiger charge is -1.97. The van der Waals surface area contributed by atoms with Crippen molar-refractivity contribution in [1.82, 2.24) is 5.43 Å². The van der Waals surface area contributed by atoms with Gasteiger partial charge in [-0.2, -0.15) is 0 Å². The van der Waals surface area contributed by atoms with Gasteiger partial charge in [-0.15, -0.1) is 5.10 Å². The monoisotopic (exact) mass is 223 g/mol. The predicted molar refractivity (Wildman–Crippen MR) is 57.5 cm³/mol. The van der Waals surface area contributed by atoms with E-state index in [9.17, 15) is 15.2 Å². The molecule has 1 rings (SSSR count). The highest BCUT2D eigenvalue weighted by atomic mass is 16.7. The number of nitro groups is 1. The summed E-state index contributed by atoms with van der Waals surface area (Å²) in [6, 6.07) is 6.36. The fourth-order valence-electron chi connectivity index (χ4n) is 0.900. The van der Waals surface area contributed by atoms with Gasteiger partial charge in [0.05, 0.1) is 0 Å². The van der Waals surface area contributed by atoms with Crippen molar-refractivity contribution >= 4 is 12.2 Å². The summed E-state index contributed by atoms with van der Waals surface area (Å²) in [5, 5.41) is 21.7. The van der Waals surface area contributed by atoms with E-state index in [2.05, 4.69) is 10.1 Å². The number of hydrogen-bond acceptors (Lipinski definition) is 5. The van der Waals surface area contributed by atoms with Gasteiger partial charge in [-0.1, -0.05) is 17.6 Å². The van der Waals surface area contributed by atoms with Crippen molar-refractivity contribution in [3.8, 4) is 5.75 Å². The molecule has 0 saturated carbocycles. The Balaban J connectivity index is 2.80. The molecule has 1 aromatic rings. The number of phenolic OH excluding ortho intramolecular Hbond substituents is 1. The third kappa shape index (κ3) is 3.25. The number of aromatic hydroxyl groups is 1. The Morgan fingerprint density at radius 3 is 2.81 bits per heavy atom. The second-order valence-electron chi connectivity index (χ2n) is 2.64. The minimum Gasteiger partial charge on any atom is -0.507 e. The van der Waals surface area contributed by atoms with Gasteiger partial charge in [0.2, 0.25) is 0 Å². The van der Waals surface area contributed by atoms with Crippen LogP contribution in [0.1, 0.15) is 5.56 Å². The first-order valence-electron chi connectivity index (χ1n) is 4.14. The van der Waals surface area contributed by atoms with Crippen LogP contribution in [0.3, 0.4) is 0 Å². The van der Waals surface area contributed by atoms with Crippen LogP contribution < -0.4 is 11.3 Å². The Labute approximate surface area is 90.2 Å². The summed E-state index contributed by atoms with van der Waals surface area (Å²) in [5.74, 6) is 4.50. The number of phenols is 1. The minimum atomic E-state index is -0.839. The van der Waals surface area contributed by atoms with Gasteiger partial charge in [0.15, 0.2) is 5.03 Å².